The number of nitrogens with one attached hydrogen (secondary N) is 2. The van der Waals surface area contributed by atoms with E-state index in [2.05, 4.69) is 22.5 Å². The van der Waals surface area contributed by atoms with Gasteiger partial charge in [-0.05, 0) is 57.8 Å². The van der Waals surface area contributed by atoms with Gasteiger partial charge in [0.05, 0.1) is 6.54 Å². The van der Waals surface area contributed by atoms with Crippen molar-refractivity contribution in [3.05, 3.63) is 23.7 Å². The fourth-order valence-electron chi connectivity index (χ4n) is 2.74. The summed E-state index contributed by atoms with van der Waals surface area (Å²) in [4.78, 5) is 14.2. The van der Waals surface area contributed by atoms with Crippen molar-refractivity contribution < 1.29 is 14.3 Å². The van der Waals surface area contributed by atoms with Crippen molar-refractivity contribution in [2.75, 3.05) is 32.7 Å². The van der Waals surface area contributed by atoms with E-state index in [-0.39, 0.29) is 12.6 Å². The maximum absolute atomic E-state index is 11.8. The normalized spacial score (nSPS) is 19.3. The molecule has 1 aliphatic heterocycles. The summed E-state index contributed by atoms with van der Waals surface area (Å²) in [6, 6.07) is 3.26. The van der Waals surface area contributed by atoms with E-state index in [0.29, 0.717) is 12.3 Å². The van der Waals surface area contributed by atoms with Gasteiger partial charge >= 0.3 is 6.03 Å². The Morgan fingerprint density at radius 1 is 1.39 bits per heavy atom. The van der Waals surface area contributed by atoms with Crippen LogP contribution in [0.25, 0.3) is 0 Å². The number of carbonyl (C=O) groups is 1. The Labute approximate surface area is 138 Å². The second kappa shape index (κ2) is 7.84. The molecule has 1 atom stereocenters. The van der Waals surface area contributed by atoms with Gasteiger partial charge in [0.2, 0.25) is 0 Å². The first-order valence-electron chi connectivity index (χ1n) is 8.40. The zero-order valence-corrected chi connectivity index (χ0v) is 14.4. The predicted octanol–water partition coefficient (Wildman–Crippen LogP) is 1.83. The second-order valence-electron chi connectivity index (χ2n) is 6.82. The van der Waals surface area contributed by atoms with Crippen LogP contribution in [0.4, 0.5) is 4.79 Å². The SMILES string of the molecule is Cc1ccc(C(C)(O)CNC(=O)NCCN2CCC(C)CC2)o1. The van der Waals surface area contributed by atoms with Gasteiger partial charge in [0.25, 0.3) is 0 Å². The fraction of sp³-hybridized carbons (Fsp3) is 0.706. The summed E-state index contributed by atoms with van der Waals surface area (Å²) in [7, 11) is 0. The molecule has 0 radical (unpaired) electrons. The Hall–Kier alpha value is -1.53. The molecule has 0 spiro atoms. The molecule has 0 saturated carbocycles. The highest BCUT2D eigenvalue weighted by Gasteiger charge is 2.27. The van der Waals surface area contributed by atoms with Crippen LogP contribution in [-0.2, 0) is 5.60 Å². The number of urea groups is 1. The van der Waals surface area contributed by atoms with Gasteiger partial charge in [0.1, 0.15) is 17.1 Å². The van der Waals surface area contributed by atoms with Crippen molar-refractivity contribution in [2.45, 2.75) is 39.2 Å². The van der Waals surface area contributed by atoms with Gasteiger partial charge in [-0.25, -0.2) is 4.79 Å². The van der Waals surface area contributed by atoms with Crippen molar-refractivity contribution in [2.24, 2.45) is 5.92 Å². The molecule has 1 aliphatic rings. The lowest BCUT2D eigenvalue weighted by Gasteiger charge is -2.30. The molecular weight excluding hydrogens is 294 g/mol. The van der Waals surface area contributed by atoms with E-state index < -0.39 is 5.60 Å². The molecule has 0 aliphatic carbocycles. The Morgan fingerprint density at radius 2 is 2.09 bits per heavy atom. The smallest absolute Gasteiger partial charge is 0.314 e. The Morgan fingerprint density at radius 3 is 2.70 bits per heavy atom. The molecule has 130 valence electrons. The van der Waals surface area contributed by atoms with Crippen LogP contribution in [-0.4, -0.2) is 48.8 Å². The molecular formula is C17H29N3O3. The number of hydrogen-bond donors (Lipinski definition) is 3. The zero-order chi connectivity index (χ0) is 16.9. The van der Waals surface area contributed by atoms with E-state index in [1.807, 2.05) is 6.92 Å². The molecule has 1 fully saturated rings. The third-order valence-corrected chi connectivity index (χ3v) is 4.45. The van der Waals surface area contributed by atoms with Crippen LogP contribution in [0.15, 0.2) is 16.5 Å². The first-order valence-corrected chi connectivity index (χ1v) is 8.40. The number of furan rings is 1. The number of likely N-dealkylation sites (tertiary alicyclic amines) is 1. The Balaban J connectivity index is 1.65. The summed E-state index contributed by atoms with van der Waals surface area (Å²) in [6.07, 6.45) is 2.47. The fourth-order valence-corrected chi connectivity index (χ4v) is 2.74. The number of aryl methyl sites for hydroxylation is 1. The highest BCUT2D eigenvalue weighted by molar-refractivity contribution is 5.73. The molecule has 0 aromatic carbocycles. The first kappa shape index (κ1) is 17.8. The monoisotopic (exact) mass is 323 g/mol. The third-order valence-electron chi connectivity index (χ3n) is 4.45. The van der Waals surface area contributed by atoms with Crippen LogP contribution in [0.2, 0.25) is 0 Å². The van der Waals surface area contributed by atoms with E-state index in [4.69, 9.17) is 4.42 Å². The Kier molecular flexibility index (Phi) is 6.07. The highest BCUT2D eigenvalue weighted by Crippen LogP contribution is 2.21. The van der Waals surface area contributed by atoms with E-state index >= 15 is 0 Å². The Bertz CT molecular complexity index is 505. The van der Waals surface area contributed by atoms with E-state index in [1.165, 1.54) is 12.8 Å². The molecule has 6 heteroatoms. The van der Waals surface area contributed by atoms with Gasteiger partial charge in [-0.3, -0.25) is 0 Å². The van der Waals surface area contributed by atoms with Gasteiger partial charge in [-0.2, -0.15) is 0 Å². The average molecular weight is 323 g/mol. The van der Waals surface area contributed by atoms with Gasteiger partial charge in [-0.15, -0.1) is 0 Å². The minimum atomic E-state index is -1.21. The minimum absolute atomic E-state index is 0.104. The van der Waals surface area contributed by atoms with Crippen LogP contribution in [0.5, 0.6) is 0 Å². The molecule has 1 aromatic heterocycles. The van der Waals surface area contributed by atoms with Gasteiger partial charge in [0.15, 0.2) is 0 Å². The third kappa shape index (κ3) is 5.55. The molecule has 2 amide bonds. The minimum Gasteiger partial charge on any atom is -0.463 e. The summed E-state index contributed by atoms with van der Waals surface area (Å²) >= 11 is 0. The van der Waals surface area contributed by atoms with E-state index in [9.17, 15) is 9.90 Å². The summed E-state index contributed by atoms with van der Waals surface area (Å²) in [5.41, 5.74) is -1.21. The molecule has 6 nitrogen and oxygen atoms in total. The van der Waals surface area contributed by atoms with Crippen molar-refractivity contribution >= 4 is 6.03 Å². The lowest BCUT2D eigenvalue weighted by Crippen LogP contribution is -2.46. The number of piperidine rings is 1. The highest BCUT2D eigenvalue weighted by atomic mass is 16.4. The van der Waals surface area contributed by atoms with Crippen LogP contribution < -0.4 is 10.6 Å². The lowest BCUT2D eigenvalue weighted by molar-refractivity contribution is 0.0359. The van der Waals surface area contributed by atoms with Gasteiger partial charge in [-0.1, -0.05) is 6.92 Å². The molecule has 3 N–H and O–H groups in total. The van der Waals surface area contributed by atoms with Crippen LogP contribution in [0.3, 0.4) is 0 Å². The average Bonchev–Trinajstić information content (AvgIpc) is 2.95. The van der Waals surface area contributed by atoms with Crippen molar-refractivity contribution in [3.8, 4) is 0 Å². The maximum atomic E-state index is 11.8. The maximum Gasteiger partial charge on any atom is 0.314 e. The summed E-state index contributed by atoms with van der Waals surface area (Å²) in [6.45, 7) is 9.54. The summed E-state index contributed by atoms with van der Waals surface area (Å²) in [5.74, 6) is 2.01. The predicted molar refractivity (Wildman–Crippen MR) is 89.3 cm³/mol. The summed E-state index contributed by atoms with van der Waals surface area (Å²) in [5, 5.41) is 15.9. The van der Waals surface area contributed by atoms with Gasteiger partial charge < -0.3 is 25.1 Å². The zero-order valence-electron chi connectivity index (χ0n) is 14.4. The quantitative estimate of drug-likeness (QED) is 0.746. The van der Waals surface area contributed by atoms with Gasteiger partial charge in [0, 0.05) is 13.1 Å². The van der Waals surface area contributed by atoms with Crippen molar-refractivity contribution in [1.29, 1.82) is 0 Å². The number of hydrogen-bond acceptors (Lipinski definition) is 4. The first-order chi connectivity index (χ1) is 10.9. The van der Waals surface area contributed by atoms with E-state index in [0.717, 1.165) is 31.3 Å². The number of carbonyl (C=O) groups excluding carboxylic acids is 1. The number of aliphatic hydroxyl groups is 1. The molecule has 2 heterocycles. The molecule has 1 saturated heterocycles. The number of rotatable bonds is 6. The van der Waals surface area contributed by atoms with E-state index in [1.54, 1.807) is 19.1 Å². The van der Waals surface area contributed by atoms with Crippen molar-refractivity contribution in [3.63, 3.8) is 0 Å². The van der Waals surface area contributed by atoms with Crippen molar-refractivity contribution in [1.82, 2.24) is 15.5 Å². The topological polar surface area (TPSA) is 77.7 Å². The second-order valence-corrected chi connectivity index (χ2v) is 6.82. The largest absolute Gasteiger partial charge is 0.463 e. The molecule has 1 aromatic rings. The van der Waals surface area contributed by atoms with Crippen LogP contribution in [0, 0.1) is 12.8 Å². The number of amides is 2. The molecule has 2 rings (SSSR count). The van der Waals surface area contributed by atoms with Crippen LogP contribution >= 0.6 is 0 Å². The van der Waals surface area contributed by atoms with Crippen LogP contribution in [0.1, 0.15) is 38.2 Å². The standard InChI is InChI=1S/C17H29N3O3/c1-13-6-9-20(10-7-13)11-8-18-16(21)19-12-17(3,22)15-5-4-14(2)23-15/h4-5,13,22H,6-12H2,1-3H3,(H2,18,19,21). The molecule has 1 unspecified atom stereocenters. The summed E-state index contributed by atoms with van der Waals surface area (Å²) < 4.78 is 5.42. The lowest BCUT2D eigenvalue weighted by atomic mass is 9.99. The molecule has 23 heavy (non-hydrogen) atoms. The molecule has 0 bridgehead atoms. The number of nitrogens with zero attached hydrogens (tertiary/aromatic N) is 1.